The second kappa shape index (κ2) is 7.70. The smallest absolute Gasteiger partial charge is 0.319 e. The molecule has 0 aromatic heterocycles. The van der Waals surface area contributed by atoms with E-state index in [1.165, 1.54) is 5.56 Å². The van der Waals surface area contributed by atoms with E-state index in [4.69, 9.17) is 0 Å². The van der Waals surface area contributed by atoms with Gasteiger partial charge in [-0.25, -0.2) is 4.79 Å². The Morgan fingerprint density at radius 3 is 2.56 bits per heavy atom. The van der Waals surface area contributed by atoms with Gasteiger partial charge in [-0.1, -0.05) is 30.3 Å². The molecule has 2 heterocycles. The van der Waals surface area contributed by atoms with Crippen LogP contribution < -0.4 is 16.0 Å². The average Bonchev–Trinajstić information content (AvgIpc) is 2.56. The van der Waals surface area contributed by atoms with Crippen molar-refractivity contribution in [3.8, 4) is 0 Å². The first kappa shape index (κ1) is 17.5. The van der Waals surface area contributed by atoms with E-state index in [0.717, 1.165) is 32.5 Å². The second-order valence-corrected chi connectivity index (χ2v) is 6.87. The normalized spacial score (nSPS) is 22.3. The molecule has 0 aliphatic carbocycles. The van der Waals surface area contributed by atoms with Crippen LogP contribution >= 0.6 is 0 Å². The van der Waals surface area contributed by atoms with Crippen LogP contribution in [0.25, 0.3) is 0 Å². The second-order valence-electron chi connectivity index (χ2n) is 6.87. The van der Waals surface area contributed by atoms with Crippen molar-refractivity contribution in [1.82, 2.24) is 20.9 Å². The first-order valence-electron chi connectivity index (χ1n) is 8.88. The lowest BCUT2D eigenvalue weighted by atomic mass is 10.0. The molecule has 6 nitrogen and oxygen atoms in total. The highest BCUT2D eigenvalue weighted by atomic mass is 16.2. The third kappa shape index (κ3) is 4.39. The van der Waals surface area contributed by atoms with Gasteiger partial charge in [0.2, 0.25) is 0 Å². The van der Waals surface area contributed by atoms with E-state index in [1.807, 2.05) is 13.0 Å². The fourth-order valence-corrected chi connectivity index (χ4v) is 3.57. The van der Waals surface area contributed by atoms with Gasteiger partial charge in [0, 0.05) is 31.4 Å². The summed E-state index contributed by atoms with van der Waals surface area (Å²) in [6, 6.07) is 10.1. The van der Waals surface area contributed by atoms with Crippen molar-refractivity contribution >= 4 is 11.9 Å². The number of carbonyl (C=O) groups excluding carboxylic acids is 2. The van der Waals surface area contributed by atoms with Crippen LogP contribution in [0, 0.1) is 0 Å². The fraction of sp³-hybridized carbons (Fsp3) is 0.474. The maximum Gasteiger partial charge on any atom is 0.319 e. The highest BCUT2D eigenvalue weighted by Gasteiger charge is 2.29. The zero-order valence-electron chi connectivity index (χ0n) is 14.8. The predicted octanol–water partition coefficient (Wildman–Crippen LogP) is 1.74. The number of nitrogens with zero attached hydrogens (tertiary/aromatic N) is 1. The van der Waals surface area contributed by atoms with E-state index >= 15 is 0 Å². The van der Waals surface area contributed by atoms with Gasteiger partial charge in [0.1, 0.15) is 0 Å². The topological polar surface area (TPSA) is 73.5 Å². The van der Waals surface area contributed by atoms with E-state index in [1.54, 1.807) is 6.92 Å². The Morgan fingerprint density at radius 1 is 1.24 bits per heavy atom. The standard InChI is InChI=1S/C19H26N4O2/c1-13-17(14(2)21-19(25)20-13)18(24)22-16-8-10-23(11-9-16)12-15-6-4-3-5-7-15/h3-7,13,16H,8-12H2,1-2H3,(H,22,24)(H2,20,21,25)/t13-/m1/s1. The number of piperidine rings is 1. The van der Waals surface area contributed by atoms with E-state index in [0.29, 0.717) is 11.3 Å². The third-order valence-corrected chi connectivity index (χ3v) is 4.90. The molecule has 0 saturated carbocycles. The molecule has 2 aliphatic rings. The summed E-state index contributed by atoms with van der Waals surface area (Å²) < 4.78 is 0. The van der Waals surface area contributed by atoms with E-state index in [9.17, 15) is 9.59 Å². The van der Waals surface area contributed by atoms with Crippen LogP contribution in [-0.4, -0.2) is 42.0 Å². The lowest BCUT2D eigenvalue weighted by Gasteiger charge is -2.33. The summed E-state index contributed by atoms with van der Waals surface area (Å²) in [5.41, 5.74) is 2.57. The van der Waals surface area contributed by atoms with E-state index in [-0.39, 0.29) is 24.0 Å². The largest absolute Gasteiger partial charge is 0.349 e. The van der Waals surface area contributed by atoms with Gasteiger partial charge in [-0.2, -0.15) is 0 Å². The Hall–Kier alpha value is -2.34. The van der Waals surface area contributed by atoms with Crippen molar-refractivity contribution in [3.05, 3.63) is 47.2 Å². The minimum Gasteiger partial charge on any atom is -0.349 e. The molecule has 1 aromatic rings. The quantitative estimate of drug-likeness (QED) is 0.780. The number of carbonyl (C=O) groups is 2. The molecule has 0 radical (unpaired) electrons. The monoisotopic (exact) mass is 342 g/mol. The summed E-state index contributed by atoms with van der Waals surface area (Å²) in [6.45, 7) is 6.51. The zero-order chi connectivity index (χ0) is 17.8. The van der Waals surface area contributed by atoms with Crippen LogP contribution in [0.1, 0.15) is 32.3 Å². The summed E-state index contributed by atoms with van der Waals surface area (Å²) in [5.74, 6) is -0.0843. The van der Waals surface area contributed by atoms with E-state index < -0.39 is 0 Å². The molecule has 25 heavy (non-hydrogen) atoms. The summed E-state index contributed by atoms with van der Waals surface area (Å²) in [4.78, 5) is 26.5. The number of benzene rings is 1. The first-order chi connectivity index (χ1) is 12.0. The van der Waals surface area contributed by atoms with Gasteiger partial charge < -0.3 is 16.0 Å². The van der Waals surface area contributed by atoms with Crippen molar-refractivity contribution in [2.45, 2.75) is 45.3 Å². The van der Waals surface area contributed by atoms with Crippen LogP contribution in [0.5, 0.6) is 0 Å². The summed E-state index contributed by atoms with van der Waals surface area (Å²) in [5, 5.41) is 8.54. The van der Waals surface area contributed by atoms with E-state index in [2.05, 4.69) is 45.1 Å². The number of hydrogen-bond acceptors (Lipinski definition) is 3. The molecule has 3 N–H and O–H groups in total. The first-order valence-corrected chi connectivity index (χ1v) is 8.88. The molecule has 0 spiro atoms. The highest BCUT2D eigenvalue weighted by molar-refractivity contribution is 5.98. The van der Waals surface area contributed by atoms with Gasteiger partial charge in [-0.15, -0.1) is 0 Å². The minimum absolute atomic E-state index is 0.0843. The van der Waals surface area contributed by atoms with Gasteiger partial charge in [0.25, 0.3) is 5.91 Å². The molecule has 134 valence electrons. The third-order valence-electron chi connectivity index (χ3n) is 4.90. The number of amides is 3. The lowest BCUT2D eigenvalue weighted by molar-refractivity contribution is -0.118. The number of hydrogen-bond donors (Lipinski definition) is 3. The van der Waals surface area contributed by atoms with Crippen LogP contribution in [0.4, 0.5) is 4.79 Å². The number of nitrogens with one attached hydrogen (secondary N) is 3. The Kier molecular flexibility index (Phi) is 5.38. The van der Waals surface area contributed by atoms with Crippen LogP contribution in [-0.2, 0) is 11.3 Å². The Morgan fingerprint density at radius 2 is 1.92 bits per heavy atom. The number of rotatable bonds is 4. The fourth-order valence-electron chi connectivity index (χ4n) is 3.57. The number of likely N-dealkylation sites (tertiary alicyclic amines) is 1. The van der Waals surface area contributed by atoms with Gasteiger partial charge in [0.15, 0.2) is 0 Å². The molecule has 2 aliphatic heterocycles. The maximum atomic E-state index is 12.6. The van der Waals surface area contributed by atoms with Gasteiger partial charge in [-0.3, -0.25) is 9.69 Å². The van der Waals surface area contributed by atoms with Crippen molar-refractivity contribution in [1.29, 1.82) is 0 Å². The van der Waals surface area contributed by atoms with Crippen molar-refractivity contribution in [2.75, 3.05) is 13.1 Å². The maximum absolute atomic E-state index is 12.6. The summed E-state index contributed by atoms with van der Waals surface area (Å²) in [6.07, 6.45) is 1.89. The average molecular weight is 342 g/mol. The van der Waals surface area contributed by atoms with Crippen LogP contribution in [0.15, 0.2) is 41.6 Å². The Bertz CT molecular complexity index is 663. The molecular formula is C19H26N4O2. The molecule has 1 fully saturated rings. The molecule has 1 aromatic carbocycles. The predicted molar refractivity (Wildman–Crippen MR) is 96.7 cm³/mol. The molecule has 3 rings (SSSR count). The van der Waals surface area contributed by atoms with Gasteiger partial charge in [-0.05, 0) is 32.3 Å². The molecule has 0 unspecified atom stereocenters. The molecular weight excluding hydrogens is 316 g/mol. The Balaban J connectivity index is 1.51. The molecule has 6 heteroatoms. The number of urea groups is 1. The summed E-state index contributed by atoms with van der Waals surface area (Å²) in [7, 11) is 0. The van der Waals surface area contributed by atoms with Crippen molar-refractivity contribution in [2.24, 2.45) is 0 Å². The van der Waals surface area contributed by atoms with Crippen molar-refractivity contribution < 1.29 is 9.59 Å². The SMILES string of the molecule is CC1=C(C(=O)NC2CCN(Cc3ccccc3)CC2)[C@@H](C)NC(=O)N1. The van der Waals surface area contributed by atoms with Crippen LogP contribution in [0.3, 0.4) is 0 Å². The van der Waals surface area contributed by atoms with Crippen LogP contribution in [0.2, 0.25) is 0 Å². The van der Waals surface area contributed by atoms with Crippen molar-refractivity contribution in [3.63, 3.8) is 0 Å². The molecule has 3 amide bonds. The highest BCUT2D eigenvalue weighted by Crippen LogP contribution is 2.16. The summed E-state index contributed by atoms with van der Waals surface area (Å²) >= 11 is 0. The number of allylic oxidation sites excluding steroid dienone is 1. The molecule has 1 atom stereocenters. The molecule has 0 bridgehead atoms. The minimum atomic E-state index is -0.271. The zero-order valence-corrected chi connectivity index (χ0v) is 14.8. The van der Waals surface area contributed by atoms with Gasteiger partial charge in [0.05, 0.1) is 11.6 Å². The van der Waals surface area contributed by atoms with Gasteiger partial charge >= 0.3 is 6.03 Å². The Labute approximate surface area is 148 Å². The lowest BCUT2D eigenvalue weighted by Crippen LogP contribution is -2.52. The molecule has 1 saturated heterocycles.